The zero-order valence-corrected chi connectivity index (χ0v) is 14.8. The normalized spacial score (nSPS) is 19.0. The van der Waals surface area contributed by atoms with Crippen LogP contribution in [0.1, 0.15) is 37.3 Å². The van der Waals surface area contributed by atoms with E-state index in [4.69, 9.17) is 4.74 Å². The zero-order valence-electron chi connectivity index (χ0n) is 14.0. The lowest BCUT2D eigenvalue weighted by molar-refractivity contribution is -0.145. The third-order valence-electron chi connectivity index (χ3n) is 4.55. The molecule has 0 saturated heterocycles. The largest absolute Gasteiger partial charge is 0.464 e. The van der Waals surface area contributed by atoms with Gasteiger partial charge in [-0.2, -0.15) is 5.26 Å². The van der Waals surface area contributed by atoms with Crippen LogP contribution < -0.4 is 10.2 Å². The minimum absolute atomic E-state index is 0. The van der Waals surface area contributed by atoms with Gasteiger partial charge in [-0.1, -0.05) is 6.07 Å². The Hall–Kier alpha value is -2.19. The van der Waals surface area contributed by atoms with Crippen LogP contribution in [0.4, 0.5) is 5.69 Å². The topological polar surface area (TPSA) is 65.4 Å². The lowest BCUT2D eigenvalue weighted by atomic mass is 9.92. The highest BCUT2D eigenvalue weighted by Crippen LogP contribution is 2.36. The van der Waals surface area contributed by atoms with E-state index in [9.17, 15) is 10.1 Å². The first-order chi connectivity index (χ1) is 11.2. The molecule has 1 atom stereocenters. The van der Waals surface area contributed by atoms with E-state index in [-0.39, 0.29) is 24.4 Å². The monoisotopic (exact) mass is 347 g/mol. The molecule has 3 rings (SSSR count). The summed E-state index contributed by atoms with van der Waals surface area (Å²) in [6.45, 7) is 2.22. The SMILES string of the molecule is CCOC(=O)C1CCCC2=C(N1)N(C)c1cccc(C#N)c1C2.Cl. The minimum Gasteiger partial charge on any atom is -0.464 e. The minimum atomic E-state index is -0.300. The molecule has 0 aromatic heterocycles. The molecule has 24 heavy (non-hydrogen) atoms. The standard InChI is InChI=1S/C18H21N3O2.ClH/c1-3-23-18(22)15-8-4-6-12-10-14-13(11-19)7-5-9-16(14)21(2)17(12)20-15;/h5,7,9,15,20H,3-4,6,8,10H2,1-2H3;1H. The van der Waals surface area contributed by atoms with Crippen molar-refractivity contribution in [3.05, 3.63) is 40.7 Å². The van der Waals surface area contributed by atoms with Crippen LogP contribution in [0.3, 0.4) is 0 Å². The molecule has 1 N–H and O–H groups in total. The Morgan fingerprint density at radius 2 is 2.29 bits per heavy atom. The number of nitrogens with one attached hydrogen (secondary N) is 1. The van der Waals surface area contributed by atoms with Gasteiger partial charge < -0.3 is 15.0 Å². The molecule has 0 bridgehead atoms. The number of carbonyl (C=O) groups is 1. The fourth-order valence-corrected chi connectivity index (χ4v) is 3.42. The van der Waals surface area contributed by atoms with Crippen molar-refractivity contribution >= 4 is 24.1 Å². The van der Waals surface area contributed by atoms with Crippen LogP contribution in [-0.2, 0) is 16.0 Å². The molecule has 2 aliphatic heterocycles. The molecule has 0 aliphatic carbocycles. The highest BCUT2D eigenvalue weighted by atomic mass is 35.5. The Kier molecular flexibility index (Phi) is 5.74. The molecular weight excluding hydrogens is 326 g/mol. The first kappa shape index (κ1) is 18.2. The summed E-state index contributed by atoms with van der Waals surface area (Å²) < 4.78 is 5.17. The molecular formula is C18H22ClN3O2. The summed E-state index contributed by atoms with van der Waals surface area (Å²) in [6.07, 6.45) is 3.40. The lowest BCUT2D eigenvalue weighted by Crippen LogP contribution is -2.42. The number of nitrogens with zero attached hydrogens (tertiary/aromatic N) is 2. The Bertz CT molecular complexity index is 709. The quantitative estimate of drug-likeness (QED) is 0.833. The summed E-state index contributed by atoms with van der Waals surface area (Å²) in [6, 6.07) is 7.77. The average Bonchev–Trinajstić information content (AvgIpc) is 2.77. The second kappa shape index (κ2) is 7.59. The third-order valence-corrected chi connectivity index (χ3v) is 4.55. The number of anilines is 1. The maximum atomic E-state index is 12.1. The van der Waals surface area contributed by atoms with Gasteiger partial charge in [-0.25, -0.2) is 4.79 Å². The van der Waals surface area contributed by atoms with Crippen molar-refractivity contribution in [1.82, 2.24) is 5.32 Å². The molecule has 1 aromatic rings. The number of halogens is 1. The first-order valence-corrected chi connectivity index (χ1v) is 8.06. The van der Waals surface area contributed by atoms with Crippen LogP contribution in [0, 0.1) is 11.3 Å². The third kappa shape index (κ3) is 3.20. The van der Waals surface area contributed by atoms with Crippen molar-refractivity contribution in [2.75, 3.05) is 18.6 Å². The molecule has 1 aromatic carbocycles. The second-order valence-electron chi connectivity index (χ2n) is 5.94. The molecule has 0 amide bonds. The number of rotatable bonds is 2. The predicted octanol–water partition coefficient (Wildman–Crippen LogP) is 2.89. The Morgan fingerprint density at radius 3 is 3.00 bits per heavy atom. The van der Waals surface area contributed by atoms with E-state index in [0.29, 0.717) is 6.61 Å². The maximum Gasteiger partial charge on any atom is 0.328 e. The average molecular weight is 348 g/mol. The molecule has 2 aliphatic rings. The van der Waals surface area contributed by atoms with Crippen LogP contribution >= 0.6 is 12.4 Å². The van der Waals surface area contributed by atoms with Gasteiger partial charge in [-0.3, -0.25) is 0 Å². The zero-order chi connectivity index (χ0) is 16.4. The summed E-state index contributed by atoms with van der Waals surface area (Å²) in [4.78, 5) is 14.2. The van der Waals surface area contributed by atoms with Crippen LogP contribution in [0.5, 0.6) is 0 Å². The number of ether oxygens (including phenoxy) is 1. The van der Waals surface area contributed by atoms with E-state index in [0.717, 1.165) is 48.3 Å². The fraction of sp³-hybridized carbons (Fsp3) is 0.444. The number of hydrogen-bond acceptors (Lipinski definition) is 5. The van der Waals surface area contributed by atoms with Crippen LogP contribution in [0.15, 0.2) is 29.6 Å². The van der Waals surface area contributed by atoms with Crippen molar-refractivity contribution in [3.63, 3.8) is 0 Å². The molecule has 5 nitrogen and oxygen atoms in total. The van der Waals surface area contributed by atoms with Gasteiger partial charge in [0.05, 0.1) is 18.2 Å². The molecule has 0 fully saturated rings. The lowest BCUT2D eigenvalue weighted by Gasteiger charge is -2.34. The van der Waals surface area contributed by atoms with E-state index >= 15 is 0 Å². The summed E-state index contributed by atoms with van der Waals surface area (Å²) in [7, 11) is 1.98. The number of esters is 1. The van der Waals surface area contributed by atoms with Crippen molar-refractivity contribution in [2.45, 2.75) is 38.6 Å². The van der Waals surface area contributed by atoms with Crippen LogP contribution in [0.25, 0.3) is 0 Å². The second-order valence-corrected chi connectivity index (χ2v) is 5.94. The van der Waals surface area contributed by atoms with Crippen LogP contribution in [-0.4, -0.2) is 25.7 Å². The highest BCUT2D eigenvalue weighted by Gasteiger charge is 2.31. The molecule has 6 heteroatoms. The van der Waals surface area contributed by atoms with E-state index in [1.54, 1.807) is 0 Å². The molecule has 128 valence electrons. The van der Waals surface area contributed by atoms with Gasteiger partial charge in [0, 0.05) is 19.2 Å². The van der Waals surface area contributed by atoms with Gasteiger partial charge in [0.25, 0.3) is 0 Å². The summed E-state index contributed by atoms with van der Waals surface area (Å²) >= 11 is 0. The number of nitriles is 1. The van der Waals surface area contributed by atoms with Crippen molar-refractivity contribution in [2.24, 2.45) is 0 Å². The van der Waals surface area contributed by atoms with E-state index in [1.807, 2.05) is 32.2 Å². The van der Waals surface area contributed by atoms with Crippen molar-refractivity contribution in [1.29, 1.82) is 5.26 Å². The Morgan fingerprint density at radius 1 is 1.50 bits per heavy atom. The van der Waals surface area contributed by atoms with Gasteiger partial charge in [-0.15, -0.1) is 12.4 Å². The van der Waals surface area contributed by atoms with Gasteiger partial charge in [0.15, 0.2) is 0 Å². The molecule has 0 spiro atoms. The number of benzene rings is 1. The number of fused-ring (bicyclic) bond motifs is 1. The Labute approximate surface area is 148 Å². The molecule has 2 heterocycles. The molecule has 0 radical (unpaired) electrons. The highest BCUT2D eigenvalue weighted by molar-refractivity contribution is 5.85. The van der Waals surface area contributed by atoms with Gasteiger partial charge in [0.2, 0.25) is 0 Å². The summed E-state index contributed by atoms with van der Waals surface area (Å²) in [5, 5.41) is 12.7. The van der Waals surface area contributed by atoms with Gasteiger partial charge in [-0.05, 0) is 49.5 Å². The van der Waals surface area contributed by atoms with E-state index in [1.165, 1.54) is 5.57 Å². The van der Waals surface area contributed by atoms with Crippen molar-refractivity contribution in [3.8, 4) is 6.07 Å². The Balaban J connectivity index is 0.00000208. The number of allylic oxidation sites excluding steroid dienone is 1. The number of carbonyl (C=O) groups excluding carboxylic acids is 1. The predicted molar refractivity (Wildman–Crippen MR) is 94.9 cm³/mol. The van der Waals surface area contributed by atoms with Crippen LogP contribution in [0.2, 0.25) is 0 Å². The maximum absolute atomic E-state index is 12.1. The molecule has 0 saturated carbocycles. The first-order valence-electron chi connectivity index (χ1n) is 8.06. The smallest absolute Gasteiger partial charge is 0.328 e. The summed E-state index contributed by atoms with van der Waals surface area (Å²) in [5.74, 6) is 0.800. The molecule has 1 unspecified atom stereocenters. The fourth-order valence-electron chi connectivity index (χ4n) is 3.42. The van der Waals surface area contributed by atoms with Crippen molar-refractivity contribution < 1.29 is 9.53 Å². The summed E-state index contributed by atoms with van der Waals surface area (Å²) in [5.41, 5.74) is 4.09. The van der Waals surface area contributed by atoms with Gasteiger partial charge in [0.1, 0.15) is 11.9 Å². The van der Waals surface area contributed by atoms with E-state index < -0.39 is 0 Å². The van der Waals surface area contributed by atoms with E-state index in [2.05, 4.69) is 16.3 Å². The van der Waals surface area contributed by atoms with Gasteiger partial charge >= 0.3 is 5.97 Å². The number of hydrogen-bond donors (Lipinski definition) is 1.